The van der Waals surface area contributed by atoms with Gasteiger partial charge in [0.05, 0.1) is 18.3 Å². The van der Waals surface area contributed by atoms with Gasteiger partial charge in [-0.15, -0.1) is 0 Å². The van der Waals surface area contributed by atoms with Crippen molar-refractivity contribution in [3.05, 3.63) is 59.4 Å². The smallest absolute Gasteiger partial charge is 0.262 e. The highest BCUT2D eigenvalue weighted by atomic mass is 19.1. The van der Waals surface area contributed by atoms with Crippen LogP contribution >= 0.6 is 0 Å². The van der Waals surface area contributed by atoms with Crippen LogP contribution < -0.4 is 14.8 Å². The summed E-state index contributed by atoms with van der Waals surface area (Å²) in [4.78, 5) is 16.0. The first-order valence-corrected chi connectivity index (χ1v) is 7.82. The second kappa shape index (κ2) is 6.05. The van der Waals surface area contributed by atoms with E-state index in [-0.39, 0.29) is 18.3 Å². The van der Waals surface area contributed by atoms with E-state index in [0.717, 1.165) is 16.5 Å². The zero-order chi connectivity index (χ0) is 17.4. The lowest BCUT2D eigenvalue weighted by Crippen LogP contribution is -2.26. The number of hydrogen-bond donors (Lipinski definition) is 1. The van der Waals surface area contributed by atoms with E-state index in [1.165, 1.54) is 6.07 Å². The van der Waals surface area contributed by atoms with Gasteiger partial charge in [-0.05, 0) is 29.8 Å². The molecule has 2 heterocycles. The van der Waals surface area contributed by atoms with Crippen molar-refractivity contribution in [3.63, 3.8) is 0 Å². The zero-order valence-electron chi connectivity index (χ0n) is 13.5. The lowest BCUT2D eigenvalue weighted by Gasteiger charge is -2.19. The van der Waals surface area contributed by atoms with Gasteiger partial charge in [0, 0.05) is 17.4 Å². The molecule has 0 bridgehead atoms. The number of rotatable bonds is 3. The normalized spacial score (nSPS) is 13.1. The Morgan fingerprint density at radius 3 is 2.96 bits per heavy atom. The predicted octanol–water partition coefficient (Wildman–Crippen LogP) is 3.30. The lowest BCUT2D eigenvalue weighted by molar-refractivity contribution is -0.118. The fourth-order valence-corrected chi connectivity index (χ4v) is 2.98. The third kappa shape index (κ3) is 2.87. The number of pyridine rings is 1. The number of methoxy groups -OCH3 is 1. The molecule has 2 aromatic carbocycles. The lowest BCUT2D eigenvalue weighted by atomic mass is 10.0. The number of amides is 1. The quantitative estimate of drug-likeness (QED) is 0.796. The molecule has 126 valence electrons. The van der Waals surface area contributed by atoms with Crippen molar-refractivity contribution >= 4 is 22.5 Å². The van der Waals surface area contributed by atoms with Crippen molar-refractivity contribution in [3.8, 4) is 11.6 Å². The molecule has 6 heteroatoms. The SMILES string of the molecule is COc1nc2ccccc2cc1Cc1cc(F)c2c(c1)NC(=O)CO2. The number of anilines is 1. The number of aromatic nitrogens is 1. The Morgan fingerprint density at radius 2 is 2.12 bits per heavy atom. The third-order valence-electron chi connectivity index (χ3n) is 4.08. The molecule has 4 rings (SSSR count). The average molecular weight is 338 g/mol. The van der Waals surface area contributed by atoms with Gasteiger partial charge in [0.2, 0.25) is 5.88 Å². The molecule has 1 aliphatic rings. The largest absolute Gasteiger partial charge is 0.481 e. The molecule has 3 aromatic rings. The Balaban J connectivity index is 1.75. The molecule has 0 spiro atoms. The summed E-state index contributed by atoms with van der Waals surface area (Å²) in [6.45, 7) is -0.175. The van der Waals surface area contributed by atoms with Crippen LogP contribution in [-0.2, 0) is 11.2 Å². The molecule has 1 aliphatic heterocycles. The van der Waals surface area contributed by atoms with Crippen LogP contribution in [0.1, 0.15) is 11.1 Å². The van der Waals surface area contributed by atoms with E-state index < -0.39 is 5.82 Å². The molecule has 1 aromatic heterocycles. The summed E-state index contributed by atoms with van der Waals surface area (Å²) in [6, 6.07) is 12.8. The molecule has 0 atom stereocenters. The first-order chi connectivity index (χ1) is 12.1. The number of nitrogens with zero attached hydrogens (tertiary/aromatic N) is 1. The maximum Gasteiger partial charge on any atom is 0.262 e. The first-order valence-electron chi connectivity index (χ1n) is 7.82. The van der Waals surface area contributed by atoms with Crippen molar-refractivity contribution in [2.75, 3.05) is 19.0 Å². The molecular formula is C19H15FN2O3. The number of ether oxygens (including phenoxy) is 2. The summed E-state index contributed by atoms with van der Waals surface area (Å²) in [7, 11) is 1.56. The molecule has 1 N–H and O–H groups in total. The Hall–Kier alpha value is -3.15. The molecule has 0 saturated carbocycles. The van der Waals surface area contributed by atoms with Gasteiger partial charge in [-0.1, -0.05) is 18.2 Å². The van der Waals surface area contributed by atoms with E-state index in [4.69, 9.17) is 9.47 Å². The zero-order valence-corrected chi connectivity index (χ0v) is 13.5. The Labute approximate surface area is 143 Å². The average Bonchev–Trinajstić information content (AvgIpc) is 2.60. The number of carbonyl (C=O) groups excluding carboxylic acids is 1. The number of fused-ring (bicyclic) bond motifs is 2. The summed E-state index contributed by atoms with van der Waals surface area (Å²) >= 11 is 0. The van der Waals surface area contributed by atoms with Crippen LogP contribution in [0, 0.1) is 5.82 Å². The van der Waals surface area contributed by atoms with Crippen LogP contribution in [0.2, 0.25) is 0 Å². The standard InChI is InChI=1S/C19H15FN2O3/c1-24-19-13(9-12-4-2-3-5-15(12)22-19)6-11-7-14(20)18-16(8-11)21-17(23)10-25-18/h2-5,7-9H,6,10H2,1H3,(H,21,23). The maximum atomic E-state index is 14.3. The van der Waals surface area contributed by atoms with Crippen LogP contribution in [0.3, 0.4) is 0 Å². The summed E-state index contributed by atoms with van der Waals surface area (Å²) in [5, 5.41) is 3.61. The second-order valence-corrected chi connectivity index (χ2v) is 5.82. The van der Waals surface area contributed by atoms with Crippen LogP contribution in [0.5, 0.6) is 11.6 Å². The van der Waals surface area contributed by atoms with Crippen molar-refractivity contribution in [1.29, 1.82) is 0 Å². The summed E-state index contributed by atoms with van der Waals surface area (Å²) < 4.78 is 24.8. The van der Waals surface area contributed by atoms with Gasteiger partial charge < -0.3 is 14.8 Å². The number of para-hydroxylation sites is 1. The number of nitrogens with one attached hydrogen (secondary N) is 1. The minimum atomic E-state index is -0.500. The monoisotopic (exact) mass is 338 g/mol. The first kappa shape index (κ1) is 15.4. The molecular weight excluding hydrogens is 323 g/mol. The second-order valence-electron chi connectivity index (χ2n) is 5.82. The van der Waals surface area contributed by atoms with Crippen molar-refractivity contribution in [1.82, 2.24) is 4.98 Å². The molecule has 0 unspecified atom stereocenters. The molecule has 25 heavy (non-hydrogen) atoms. The van der Waals surface area contributed by atoms with Crippen molar-refractivity contribution in [2.24, 2.45) is 0 Å². The summed E-state index contributed by atoms with van der Waals surface area (Å²) in [5.74, 6) is -0.224. The Bertz CT molecular complexity index is 988. The van der Waals surface area contributed by atoms with Gasteiger partial charge in [-0.25, -0.2) is 9.37 Å². The van der Waals surface area contributed by atoms with E-state index in [1.807, 2.05) is 30.3 Å². The van der Waals surface area contributed by atoms with Crippen LogP contribution in [0.4, 0.5) is 10.1 Å². The fraction of sp³-hybridized carbons (Fsp3) is 0.158. The summed E-state index contributed by atoms with van der Waals surface area (Å²) in [6.07, 6.45) is 0.418. The molecule has 0 fully saturated rings. The highest BCUT2D eigenvalue weighted by Crippen LogP contribution is 2.33. The van der Waals surface area contributed by atoms with Gasteiger partial charge in [0.15, 0.2) is 18.2 Å². The van der Waals surface area contributed by atoms with Crippen LogP contribution in [-0.4, -0.2) is 24.6 Å². The van der Waals surface area contributed by atoms with E-state index in [1.54, 1.807) is 13.2 Å². The van der Waals surface area contributed by atoms with Gasteiger partial charge in [0.1, 0.15) is 0 Å². The van der Waals surface area contributed by atoms with E-state index in [0.29, 0.717) is 23.6 Å². The number of carbonyl (C=O) groups is 1. The van der Waals surface area contributed by atoms with Crippen molar-refractivity contribution in [2.45, 2.75) is 6.42 Å². The van der Waals surface area contributed by atoms with Gasteiger partial charge in [-0.3, -0.25) is 4.79 Å². The van der Waals surface area contributed by atoms with Gasteiger partial charge in [-0.2, -0.15) is 0 Å². The Morgan fingerprint density at radius 1 is 1.28 bits per heavy atom. The molecule has 5 nitrogen and oxygen atoms in total. The van der Waals surface area contributed by atoms with E-state index in [9.17, 15) is 9.18 Å². The fourth-order valence-electron chi connectivity index (χ4n) is 2.98. The van der Waals surface area contributed by atoms with Crippen LogP contribution in [0.15, 0.2) is 42.5 Å². The van der Waals surface area contributed by atoms with Crippen molar-refractivity contribution < 1.29 is 18.7 Å². The molecule has 0 aliphatic carbocycles. The maximum absolute atomic E-state index is 14.3. The topological polar surface area (TPSA) is 60.5 Å². The van der Waals surface area contributed by atoms with E-state index in [2.05, 4.69) is 10.3 Å². The van der Waals surface area contributed by atoms with Gasteiger partial charge >= 0.3 is 0 Å². The minimum absolute atomic E-state index is 0.0759. The van der Waals surface area contributed by atoms with E-state index >= 15 is 0 Å². The highest BCUT2D eigenvalue weighted by molar-refractivity contribution is 5.95. The molecule has 0 saturated heterocycles. The van der Waals surface area contributed by atoms with Gasteiger partial charge in [0.25, 0.3) is 5.91 Å². The molecule has 0 radical (unpaired) electrons. The number of hydrogen-bond acceptors (Lipinski definition) is 4. The molecule has 1 amide bonds. The number of halogens is 1. The van der Waals surface area contributed by atoms with Crippen LogP contribution in [0.25, 0.3) is 10.9 Å². The minimum Gasteiger partial charge on any atom is -0.481 e. The third-order valence-corrected chi connectivity index (χ3v) is 4.08. The summed E-state index contributed by atoms with van der Waals surface area (Å²) in [5.41, 5.74) is 2.71. The predicted molar refractivity (Wildman–Crippen MR) is 91.6 cm³/mol. The number of benzene rings is 2. The highest BCUT2D eigenvalue weighted by Gasteiger charge is 2.21. The Kier molecular flexibility index (Phi) is 3.72.